The van der Waals surface area contributed by atoms with Gasteiger partial charge in [0, 0.05) is 17.9 Å². The summed E-state index contributed by atoms with van der Waals surface area (Å²) >= 11 is 5.88. The molecule has 0 bridgehead atoms. The molecule has 6 heteroatoms. The second-order valence-electron chi connectivity index (χ2n) is 6.15. The van der Waals surface area contributed by atoms with Crippen molar-refractivity contribution in [1.29, 1.82) is 0 Å². The molecule has 2 aromatic rings. The van der Waals surface area contributed by atoms with E-state index < -0.39 is 18.1 Å². The topological polar surface area (TPSA) is 64.6 Å². The summed E-state index contributed by atoms with van der Waals surface area (Å²) in [6, 6.07) is 14.3. The fraction of sp³-hybridized carbons (Fsp3) is 0.333. The quantitative estimate of drug-likeness (QED) is 0.690. The maximum absolute atomic E-state index is 12.2. The Morgan fingerprint density at radius 2 is 1.81 bits per heavy atom. The van der Waals surface area contributed by atoms with E-state index >= 15 is 0 Å². The fourth-order valence-corrected chi connectivity index (χ4v) is 2.73. The maximum Gasteiger partial charge on any atom is 0.407 e. The van der Waals surface area contributed by atoms with Crippen LogP contribution in [0.5, 0.6) is 0 Å². The summed E-state index contributed by atoms with van der Waals surface area (Å²) in [6.45, 7) is 4.20. The smallest absolute Gasteiger partial charge is 0.407 e. The lowest BCUT2D eigenvalue weighted by Crippen LogP contribution is -2.43. The number of carbonyl (C=O) groups excluding carboxylic acids is 2. The summed E-state index contributed by atoms with van der Waals surface area (Å²) in [5, 5.41) is 3.20. The minimum atomic E-state index is -0.822. The van der Waals surface area contributed by atoms with Crippen LogP contribution in [0.15, 0.2) is 48.5 Å². The van der Waals surface area contributed by atoms with E-state index in [0.717, 1.165) is 16.7 Å². The van der Waals surface area contributed by atoms with Crippen molar-refractivity contribution in [2.24, 2.45) is 0 Å². The van der Waals surface area contributed by atoms with Crippen LogP contribution in [0, 0.1) is 6.92 Å². The molecule has 0 aliphatic heterocycles. The molecule has 5 nitrogen and oxygen atoms in total. The number of amides is 1. The van der Waals surface area contributed by atoms with Crippen LogP contribution in [0.1, 0.15) is 23.6 Å². The number of ether oxygens (including phenoxy) is 2. The Morgan fingerprint density at radius 3 is 2.48 bits per heavy atom. The van der Waals surface area contributed by atoms with Gasteiger partial charge < -0.3 is 14.8 Å². The van der Waals surface area contributed by atoms with Crippen LogP contribution < -0.4 is 5.32 Å². The minimum absolute atomic E-state index is 0.228. The Bertz CT molecular complexity index is 761. The van der Waals surface area contributed by atoms with Gasteiger partial charge in [0.05, 0.1) is 13.2 Å². The summed E-state index contributed by atoms with van der Waals surface area (Å²) in [4.78, 5) is 24.3. The van der Waals surface area contributed by atoms with Crippen LogP contribution in [0.3, 0.4) is 0 Å². The highest BCUT2D eigenvalue weighted by Crippen LogP contribution is 2.12. The standard InChI is InChI=1S/C21H24ClNO4/c1-3-26-20(24)19(14-17-7-9-18(22)10-8-17)23-21(25)27-12-11-16-6-4-5-15(2)13-16/h4-10,13,19H,3,11-12,14H2,1-2H3,(H,23,25). The summed E-state index contributed by atoms with van der Waals surface area (Å²) in [7, 11) is 0. The number of rotatable bonds is 8. The molecular weight excluding hydrogens is 366 g/mol. The van der Waals surface area contributed by atoms with Crippen LogP contribution in [-0.4, -0.2) is 31.3 Å². The highest BCUT2D eigenvalue weighted by molar-refractivity contribution is 6.30. The molecule has 2 aromatic carbocycles. The molecule has 1 N–H and O–H groups in total. The Balaban J connectivity index is 1.89. The van der Waals surface area contributed by atoms with E-state index in [-0.39, 0.29) is 13.2 Å². The summed E-state index contributed by atoms with van der Waals surface area (Å²) in [5.41, 5.74) is 3.10. The second-order valence-corrected chi connectivity index (χ2v) is 6.59. The third-order valence-electron chi connectivity index (χ3n) is 3.92. The van der Waals surface area contributed by atoms with Crippen LogP contribution in [0.4, 0.5) is 4.79 Å². The van der Waals surface area contributed by atoms with Gasteiger partial charge in [-0.3, -0.25) is 0 Å². The van der Waals surface area contributed by atoms with Crippen molar-refractivity contribution >= 4 is 23.7 Å². The van der Waals surface area contributed by atoms with E-state index in [1.165, 1.54) is 0 Å². The molecule has 0 spiro atoms. The van der Waals surface area contributed by atoms with Gasteiger partial charge in [0.15, 0.2) is 0 Å². The van der Waals surface area contributed by atoms with E-state index in [1.807, 2.05) is 31.2 Å². The van der Waals surface area contributed by atoms with Crippen molar-refractivity contribution in [2.75, 3.05) is 13.2 Å². The van der Waals surface area contributed by atoms with Gasteiger partial charge in [-0.2, -0.15) is 0 Å². The Hall–Kier alpha value is -2.53. The van der Waals surface area contributed by atoms with Crippen molar-refractivity contribution in [1.82, 2.24) is 5.32 Å². The van der Waals surface area contributed by atoms with Gasteiger partial charge in [-0.25, -0.2) is 9.59 Å². The first-order chi connectivity index (χ1) is 13.0. The zero-order valence-electron chi connectivity index (χ0n) is 15.5. The van der Waals surface area contributed by atoms with Gasteiger partial charge in [0.2, 0.25) is 0 Å². The third-order valence-corrected chi connectivity index (χ3v) is 4.17. The molecule has 0 aliphatic carbocycles. The van der Waals surface area contributed by atoms with Crippen molar-refractivity contribution in [3.63, 3.8) is 0 Å². The van der Waals surface area contributed by atoms with Crippen LogP contribution in [-0.2, 0) is 27.1 Å². The fourth-order valence-electron chi connectivity index (χ4n) is 2.61. The van der Waals surface area contributed by atoms with Crippen molar-refractivity contribution in [2.45, 2.75) is 32.7 Å². The first-order valence-electron chi connectivity index (χ1n) is 8.88. The molecule has 1 unspecified atom stereocenters. The monoisotopic (exact) mass is 389 g/mol. The van der Waals surface area contributed by atoms with Crippen molar-refractivity contribution < 1.29 is 19.1 Å². The van der Waals surface area contributed by atoms with Crippen molar-refractivity contribution in [3.8, 4) is 0 Å². The molecule has 0 saturated carbocycles. The molecule has 144 valence electrons. The predicted molar refractivity (Wildman–Crippen MR) is 105 cm³/mol. The lowest BCUT2D eigenvalue weighted by molar-refractivity contribution is -0.145. The number of nitrogens with one attached hydrogen (secondary N) is 1. The van der Waals surface area contributed by atoms with Crippen LogP contribution in [0.2, 0.25) is 5.02 Å². The van der Waals surface area contributed by atoms with E-state index in [0.29, 0.717) is 17.9 Å². The molecule has 0 saturated heterocycles. The minimum Gasteiger partial charge on any atom is -0.464 e. The van der Waals surface area contributed by atoms with E-state index in [2.05, 4.69) is 5.32 Å². The molecule has 0 aliphatic rings. The molecule has 1 amide bonds. The Labute approximate surface area is 164 Å². The van der Waals surface area contributed by atoms with E-state index in [1.54, 1.807) is 31.2 Å². The number of hydrogen-bond donors (Lipinski definition) is 1. The average molecular weight is 390 g/mol. The summed E-state index contributed by atoms with van der Waals surface area (Å²) in [5.74, 6) is -0.497. The van der Waals surface area contributed by atoms with E-state index in [4.69, 9.17) is 21.1 Å². The molecule has 0 aromatic heterocycles. The second kappa shape index (κ2) is 10.6. The Morgan fingerprint density at radius 1 is 1.07 bits per heavy atom. The number of esters is 1. The van der Waals surface area contributed by atoms with Gasteiger partial charge in [-0.15, -0.1) is 0 Å². The maximum atomic E-state index is 12.2. The van der Waals surface area contributed by atoms with Crippen molar-refractivity contribution in [3.05, 3.63) is 70.2 Å². The first-order valence-corrected chi connectivity index (χ1v) is 9.25. The predicted octanol–water partition coefficient (Wildman–Crippen LogP) is 4.09. The SMILES string of the molecule is CCOC(=O)C(Cc1ccc(Cl)cc1)NC(=O)OCCc1cccc(C)c1. The molecule has 27 heavy (non-hydrogen) atoms. The molecule has 0 radical (unpaired) electrons. The molecule has 1 atom stereocenters. The number of benzene rings is 2. The number of carbonyl (C=O) groups is 2. The highest BCUT2D eigenvalue weighted by Gasteiger charge is 2.23. The lowest BCUT2D eigenvalue weighted by atomic mass is 10.1. The molecule has 0 fully saturated rings. The highest BCUT2D eigenvalue weighted by atomic mass is 35.5. The molecule has 0 heterocycles. The number of hydrogen-bond acceptors (Lipinski definition) is 4. The summed E-state index contributed by atoms with van der Waals surface area (Å²) in [6.07, 6.45) is 0.258. The number of aryl methyl sites for hydroxylation is 1. The molecular formula is C21H24ClNO4. The van der Waals surface area contributed by atoms with Gasteiger partial charge in [0.1, 0.15) is 6.04 Å². The zero-order valence-corrected chi connectivity index (χ0v) is 16.3. The Kier molecular flexibility index (Phi) is 8.14. The lowest BCUT2D eigenvalue weighted by Gasteiger charge is -2.17. The number of halogens is 1. The van der Waals surface area contributed by atoms with Crippen LogP contribution in [0.25, 0.3) is 0 Å². The first kappa shape index (κ1) is 20.8. The zero-order chi connectivity index (χ0) is 19.6. The van der Waals surface area contributed by atoms with Crippen LogP contribution >= 0.6 is 11.6 Å². The molecule has 2 rings (SSSR count). The van der Waals surface area contributed by atoms with Gasteiger partial charge in [-0.05, 0) is 37.1 Å². The number of alkyl carbamates (subject to hydrolysis) is 1. The van der Waals surface area contributed by atoms with Gasteiger partial charge in [-0.1, -0.05) is 53.6 Å². The van der Waals surface area contributed by atoms with Gasteiger partial charge in [0.25, 0.3) is 0 Å². The van der Waals surface area contributed by atoms with Gasteiger partial charge >= 0.3 is 12.1 Å². The van der Waals surface area contributed by atoms with E-state index in [9.17, 15) is 9.59 Å². The normalized spacial score (nSPS) is 11.5. The average Bonchev–Trinajstić information content (AvgIpc) is 2.63. The summed E-state index contributed by atoms with van der Waals surface area (Å²) < 4.78 is 10.3. The third kappa shape index (κ3) is 7.31. The largest absolute Gasteiger partial charge is 0.464 e.